The first-order valence-corrected chi connectivity index (χ1v) is 8.51. The van der Waals surface area contributed by atoms with Crippen LogP contribution in [0.25, 0.3) is 0 Å². The Balaban J connectivity index is 2.54. The smallest absolute Gasteiger partial charge is 0.408 e. The zero-order chi connectivity index (χ0) is 17.4. The number of anilines is 1. The number of amides is 1. The maximum Gasteiger partial charge on any atom is 0.408 e. The van der Waals surface area contributed by atoms with Gasteiger partial charge in [0.25, 0.3) is 0 Å². The van der Waals surface area contributed by atoms with Crippen LogP contribution in [-0.2, 0) is 20.9 Å². The summed E-state index contributed by atoms with van der Waals surface area (Å²) in [6.07, 6.45) is -0.661. The van der Waals surface area contributed by atoms with E-state index in [9.17, 15) is 9.59 Å². The number of hydrogen-bond donors (Lipinski definition) is 1. The molecule has 0 aliphatic carbocycles. The van der Waals surface area contributed by atoms with Crippen molar-refractivity contribution in [1.29, 1.82) is 0 Å². The second kappa shape index (κ2) is 9.34. The zero-order valence-corrected chi connectivity index (χ0v) is 15.1. The summed E-state index contributed by atoms with van der Waals surface area (Å²) in [4.78, 5) is 30.0. The third-order valence-electron chi connectivity index (χ3n) is 3.32. The molecule has 8 heteroatoms. The van der Waals surface area contributed by atoms with Crippen molar-refractivity contribution in [2.45, 2.75) is 40.3 Å². The van der Waals surface area contributed by atoms with E-state index in [0.717, 1.165) is 18.2 Å². The molecule has 1 heterocycles. The van der Waals surface area contributed by atoms with Gasteiger partial charge in [-0.15, -0.1) is 11.3 Å². The molecule has 1 aromatic rings. The average molecular weight is 343 g/mol. The highest BCUT2D eigenvalue weighted by molar-refractivity contribution is 7.13. The summed E-state index contributed by atoms with van der Waals surface area (Å²) in [6.45, 7) is 9.58. The van der Waals surface area contributed by atoms with Crippen LogP contribution in [0.3, 0.4) is 0 Å². The van der Waals surface area contributed by atoms with E-state index in [0.29, 0.717) is 5.69 Å². The maximum absolute atomic E-state index is 11.8. The van der Waals surface area contributed by atoms with E-state index >= 15 is 0 Å². The number of aromatic nitrogens is 1. The van der Waals surface area contributed by atoms with Crippen molar-refractivity contribution >= 4 is 28.5 Å². The Morgan fingerprint density at radius 2 is 2.00 bits per heavy atom. The Hall–Kier alpha value is -1.83. The van der Waals surface area contributed by atoms with Crippen molar-refractivity contribution in [1.82, 2.24) is 10.3 Å². The van der Waals surface area contributed by atoms with E-state index in [1.807, 2.05) is 19.2 Å². The number of nitrogens with one attached hydrogen (secondary N) is 1. The van der Waals surface area contributed by atoms with Gasteiger partial charge in [-0.25, -0.2) is 14.6 Å². The number of carbonyl (C=O) groups is 2. The van der Waals surface area contributed by atoms with Crippen molar-refractivity contribution in [2.24, 2.45) is 5.92 Å². The van der Waals surface area contributed by atoms with Gasteiger partial charge in [0.2, 0.25) is 0 Å². The molecule has 1 amide bonds. The maximum atomic E-state index is 11.8. The summed E-state index contributed by atoms with van der Waals surface area (Å²) in [5.74, 6) is -0.585. The van der Waals surface area contributed by atoms with Gasteiger partial charge in [-0.3, -0.25) is 0 Å². The van der Waals surface area contributed by atoms with Crippen LogP contribution >= 0.6 is 11.3 Å². The van der Waals surface area contributed by atoms with Crippen molar-refractivity contribution in [3.05, 3.63) is 11.1 Å². The van der Waals surface area contributed by atoms with Gasteiger partial charge in [0.1, 0.15) is 12.6 Å². The number of thiazole rings is 1. The van der Waals surface area contributed by atoms with Crippen LogP contribution in [0.2, 0.25) is 0 Å². The molecule has 0 fully saturated rings. The molecule has 0 aromatic carbocycles. The third-order valence-corrected chi connectivity index (χ3v) is 4.27. The molecule has 0 radical (unpaired) electrons. The molecule has 130 valence electrons. The number of hydrogen-bond acceptors (Lipinski definition) is 7. The molecular formula is C15H25N3O4S. The van der Waals surface area contributed by atoms with Crippen molar-refractivity contribution < 1.29 is 19.1 Å². The first-order chi connectivity index (χ1) is 10.9. The molecule has 1 N–H and O–H groups in total. The molecule has 0 saturated carbocycles. The van der Waals surface area contributed by atoms with Crippen LogP contribution < -0.4 is 10.2 Å². The number of carbonyl (C=O) groups excluding carboxylic acids is 2. The molecule has 23 heavy (non-hydrogen) atoms. The minimum Gasteiger partial charge on any atom is -0.467 e. The van der Waals surface area contributed by atoms with Crippen molar-refractivity contribution in [3.63, 3.8) is 0 Å². The number of ether oxygens (including phenoxy) is 2. The summed E-state index contributed by atoms with van der Waals surface area (Å²) in [5, 5.41) is 5.29. The number of nitrogens with zero attached hydrogens (tertiary/aromatic N) is 2. The Labute approximate surface area is 141 Å². The molecule has 1 atom stereocenters. The van der Waals surface area contributed by atoms with Gasteiger partial charge >= 0.3 is 12.1 Å². The summed E-state index contributed by atoms with van der Waals surface area (Å²) in [5.41, 5.74) is 0.686. The third kappa shape index (κ3) is 5.70. The monoisotopic (exact) mass is 343 g/mol. The van der Waals surface area contributed by atoms with Crippen LogP contribution in [0.5, 0.6) is 0 Å². The first kappa shape index (κ1) is 19.2. The lowest BCUT2D eigenvalue weighted by Crippen LogP contribution is -2.45. The topological polar surface area (TPSA) is 80.8 Å². The largest absolute Gasteiger partial charge is 0.467 e. The standard InChI is InChI=1S/C15H25N3O4S/c1-6-18(7-2)14-16-11(9-23-14)8-22-15(20)17-12(10(3)4)13(19)21-5/h9-10,12H,6-8H2,1-5H3,(H,17,20)/t12-/m0/s1. The molecule has 0 aliphatic rings. The van der Waals surface area contributed by atoms with Gasteiger partial charge in [0.05, 0.1) is 12.8 Å². The minimum absolute atomic E-state index is 0.0651. The predicted octanol–water partition coefficient (Wildman–Crippen LogP) is 2.41. The van der Waals surface area contributed by atoms with E-state index in [-0.39, 0.29) is 12.5 Å². The lowest BCUT2D eigenvalue weighted by Gasteiger charge is -2.19. The van der Waals surface area contributed by atoms with Gasteiger partial charge in [0.15, 0.2) is 5.13 Å². The lowest BCUT2D eigenvalue weighted by atomic mass is 10.1. The Bertz CT molecular complexity index is 515. The molecule has 0 saturated heterocycles. The van der Waals surface area contributed by atoms with E-state index in [2.05, 4.69) is 33.8 Å². The Kier molecular flexibility index (Phi) is 7.80. The van der Waals surface area contributed by atoms with Crippen LogP contribution in [0.4, 0.5) is 9.93 Å². The second-order valence-corrected chi connectivity index (χ2v) is 6.10. The van der Waals surface area contributed by atoms with Gasteiger partial charge in [-0.1, -0.05) is 13.8 Å². The predicted molar refractivity (Wildman–Crippen MR) is 89.6 cm³/mol. The molecule has 0 spiro atoms. The van der Waals surface area contributed by atoms with Gasteiger partial charge in [0, 0.05) is 18.5 Å². The fourth-order valence-corrected chi connectivity index (χ4v) is 2.87. The summed E-state index contributed by atoms with van der Waals surface area (Å²) in [7, 11) is 1.29. The lowest BCUT2D eigenvalue weighted by molar-refractivity contribution is -0.144. The second-order valence-electron chi connectivity index (χ2n) is 5.26. The molecule has 0 bridgehead atoms. The molecule has 1 aromatic heterocycles. The molecule has 0 aliphatic heterocycles. The number of esters is 1. The van der Waals surface area contributed by atoms with Gasteiger partial charge < -0.3 is 19.7 Å². The number of rotatable bonds is 8. The van der Waals surface area contributed by atoms with E-state index in [1.165, 1.54) is 18.4 Å². The average Bonchev–Trinajstić information content (AvgIpc) is 2.99. The molecule has 0 unspecified atom stereocenters. The van der Waals surface area contributed by atoms with Crippen LogP contribution in [0.15, 0.2) is 5.38 Å². The van der Waals surface area contributed by atoms with Crippen LogP contribution in [0, 0.1) is 5.92 Å². The summed E-state index contributed by atoms with van der Waals surface area (Å²) in [6, 6.07) is -0.728. The minimum atomic E-state index is -0.728. The number of methoxy groups -OCH3 is 1. The van der Waals surface area contributed by atoms with Crippen molar-refractivity contribution in [2.75, 3.05) is 25.1 Å². The SMILES string of the molecule is CCN(CC)c1nc(COC(=O)N[C@H](C(=O)OC)C(C)C)cs1. The summed E-state index contributed by atoms with van der Waals surface area (Å²) >= 11 is 1.51. The summed E-state index contributed by atoms with van der Waals surface area (Å²) < 4.78 is 9.80. The van der Waals surface area contributed by atoms with Crippen LogP contribution in [0.1, 0.15) is 33.4 Å². The van der Waals surface area contributed by atoms with Gasteiger partial charge in [-0.2, -0.15) is 0 Å². The molecule has 7 nitrogen and oxygen atoms in total. The van der Waals surface area contributed by atoms with Crippen LogP contribution in [-0.4, -0.2) is 43.3 Å². The van der Waals surface area contributed by atoms with Crippen molar-refractivity contribution in [3.8, 4) is 0 Å². The van der Waals surface area contributed by atoms with Gasteiger partial charge in [-0.05, 0) is 19.8 Å². The quantitative estimate of drug-likeness (QED) is 0.730. The van der Waals surface area contributed by atoms with E-state index in [1.54, 1.807) is 0 Å². The highest BCUT2D eigenvalue weighted by Gasteiger charge is 2.25. The molecule has 1 rings (SSSR count). The van der Waals surface area contributed by atoms with E-state index in [4.69, 9.17) is 4.74 Å². The zero-order valence-electron chi connectivity index (χ0n) is 14.3. The van der Waals surface area contributed by atoms with E-state index < -0.39 is 18.1 Å². The fourth-order valence-electron chi connectivity index (χ4n) is 1.93. The highest BCUT2D eigenvalue weighted by Crippen LogP contribution is 2.20. The molecular weight excluding hydrogens is 318 g/mol. The fraction of sp³-hybridized carbons (Fsp3) is 0.667. The Morgan fingerprint density at radius 1 is 1.35 bits per heavy atom. The Morgan fingerprint density at radius 3 is 2.52 bits per heavy atom. The first-order valence-electron chi connectivity index (χ1n) is 7.63. The normalized spacial score (nSPS) is 11.9. The number of alkyl carbamates (subject to hydrolysis) is 1. The highest BCUT2D eigenvalue weighted by atomic mass is 32.1.